The maximum absolute atomic E-state index is 10.6. The molecule has 1 heterocycles. The Morgan fingerprint density at radius 3 is 2.67 bits per heavy atom. The van der Waals surface area contributed by atoms with E-state index in [0.717, 1.165) is 43.6 Å². The molecule has 4 nitrogen and oxygen atoms in total. The summed E-state index contributed by atoms with van der Waals surface area (Å²) in [6.45, 7) is 4.70. The fourth-order valence-corrected chi connectivity index (χ4v) is 2.80. The first-order chi connectivity index (χ1) is 8.54. The molecule has 102 valence electrons. The minimum absolute atomic E-state index is 0.0439. The number of aryl methyl sites for hydroxylation is 1. The van der Waals surface area contributed by atoms with Gasteiger partial charge in [0.05, 0.1) is 17.8 Å². The van der Waals surface area contributed by atoms with Crippen molar-refractivity contribution >= 4 is 0 Å². The van der Waals surface area contributed by atoms with Crippen molar-refractivity contribution in [2.45, 2.75) is 70.6 Å². The molecule has 0 spiro atoms. The first-order valence-corrected chi connectivity index (χ1v) is 7.08. The van der Waals surface area contributed by atoms with Gasteiger partial charge in [-0.2, -0.15) is 0 Å². The van der Waals surface area contributed by atoms with E-state index in [0.29, 0.717) is 6.54 Å². The summed E-state index contributed by atoms with van der Waals surface area (Å²) in [5, 5.41) is 10.6. The van der Waals surface area contributed by atoms with Gasteiger partial charge in [0.1, 0.15) is 5.82 Å². The van der Waals surface area contributed by atoms with E-state index < -0.39 is 5.60 Å². The lowest BCUT2D eigenvalue weighted by Gasteiger charge is -2.32. The molecular weight excluding hydrogens is 226 g/mol. The molecule has 2 rings (SSSR count). The van der Waals surface area contributed by atoms with Crippen LogP contribution in [0.2, 0.25) is 0 Å². The van der Waals surface area contributed by atoms with Crippen LogP contribution in [0.5, 0.6) is 0 Å². The molecule has 4 heteroatoms. The van der Waals surface area contributed by atoms with Crippen molar-refractivity contribution in [3.05, 3.63) is 17.7 Å². The van der Waals surface area contributed by atoms with E-state index in [1.807, 2.05) is 13.1 Å². The lowest BCUT2D eigenvalue weighted by atomic mass is 9.85. The van der Waals surface area contributed by atoms with Crippen LogP contribution in [0.3, 0.4) is 0 Å². The smallest absolute Gasteiger partial charge is 0.108 e. The van der Waals surface area contributed by atoms with Gasteiger partial charge in [0, 0.05) is 18.7 Å². The summed E-state index contributed by atoms with van der Waals surface area (Å²) in [5.74, 6) is 1.03. The maximum Gasteiger partial charge on any atom is 0.108 e. The zero-order valence-corrected chi connectivity index (χ0v) is 11.5. The summed E-state index contributed by atoms with van der Waals surface area (Å²) in [6, 6.07) is -0.0439. The summed E-state index contributed by atoms with van der Waals surface area (Å²) in [5.41, 5.74) is 6.26. The molecule has 0 unspecified atom stereocenters. The molecule has 1 aromatic rings. The molecule has 1 fully saturated rings. The van der Waals surface area contributed by atoms with Crippen LogP contribution in [-0.4, -0.2) is 20.3 Å². The predicted octanol–water partition coefficient (Wildman–Crippen LogP) is 2.16. The van der Waals surface area contributed by atoms with Crippen LogP contribution in [0.1, 0.15) is 63.5 Å². The SMILES string of the molecule is CCc1nc([C@@H](C)N)cn1CC1(O)CCCCC1. The van der Waals surface area contributed by atoms with E-state index in [9.17, 15) is 5.11 Å². The monoisotopic (exact) mass is 251 g/mol. The number of aromatic nitrogens is 2. The van der Waals surface area contributed by atoms with Gasteiger partial charge in [-0.05, 0) is 19.8 Å². The topological polar surface area (TPSA) is 64.1 Å². The molecule has 3 N–H and O–H groups in total. The summed E-state index contributed by atoms with van der Waals surface area (Å²) in [7, 11) is 0. The highest BCUT2D eigenvalue weighted by atomic mass is 16.3. The number of hydrogen-bond acceptors (Lipinski definition) is 3. The number of rotatable bonds is 4. The molecule has 18 heavy (non-hydrogen) atoms. The Balaban J connectivity index is 2.16. The number of nitrogens with zero attached hydrogens (tertiary/aromatic N) is 2. The second-order valence-corrected chi connectivity index (χ2v) is 5.64. The molecule has 1 atom stereocenters. The Bertz CT molecular complexity index is 392. The zero-order chi connectivity index (χ0) is 13.2. The van der Waals surface area contributed by atoms with Gasteiger partial charge < -0.3 is 15.4 Å². The van der Waals surface area contributed by atoms with Crippen LogP contribution in [0.25, 0.3) is 0 Å². The highest BCUT2D eigenvalue weighted by molar-refractivity contribution is 5.08. The van der Waals surface area contributed by atoms with Crippen LogP contribution in [0.4, 0.5) is 0 Å². The zero-order valence-electron chi connectivity index (χ0n) is 11.5. The van der Waals surface area contributed by atoms with Crippen molar-refractivity contribution in [2.75, 3.05) is 0 Å². The fourth-order valence-electron chi connectivity index (χ4n) is 2.80. The predicted molar refractivity (Wildman–Crippen MR) is 72.2 cm³/mol. The van der Waals surface area contributed by atoms with E-state index in [1.54, 1.807) is 0 Å². The van der Waals surface area contributed by atoms with Crippen LogP contribution < -0.4 is 5.73 Å². The fraction of sp³-hybridized carbons (Fsp3) is 0.786. The summed E-state index contributed by atoms with van der Waals surface area (Å²) >= 11 is 0. The summed E-state index contributed by atoms with van der Waals surface area (Å²) in [4.78, 5) is 4.55. The average Bonchev–Trinajstić information content (AvgIpc) is 2.72. The average molecular weight is 251 g/mol. The van der Waals surface area contributed by atoms with Crippen molar-refractivity contribution in [1.82, 2.24) is 9.55 Å². The number of aliphatic hydroxyl groups is 1. The van der Waals surface area contributed by atoms with Gasteiger partial charge >= 0.3 is 0 Å². The van der Waals surface area contributed by atoms with Gasteiger partial charge in [-0.1, -0.05) is 26.2 Å². The highest BCUT2D eigenvalue weighted by Crippen LogP contribution is 2.30. The number of imidazole rings is 1. The van der Waals surface area contributed by atoms with Crippen molar-refractivity contribution in [3.63, 3.8) is 0 Å². The Morgan fingerprint density at radius 1 is 1.44 bits per heavy atom. The molecule has 0 aliphatic heterocycles. The molecule has 1 aliphatic rings. The lowest BCUT2D eigenvalue weighted by molar-refractivity contribution is -0.0120. The van der Waals surface area contributed by atoms with Crippen molar-refractivity contribution in [1.29, 1.82) is 0 Å². The summed E-state index contributed by atoms with van der Waals surface area (Å²) < 4.78 is 2.10. The summed E-state index contributed by atoms with van der Waals surface area (Å²) in [6.07, 6.45) is 8.21. The first-order valence-electron chi connectivity index (χ1n) is 7.08. The minimum atomic E-state index is -0.544. The standard InChI is InChI=1S/C14H25N3O/c1-3-13-16-12(11(2)15)9-17(13)10-14(18)7-5-4-6-8-14/h9,11,18H,3-8,10,15H2,1-2H3/t11-/m1/s1. The van der Waals surface area contributed by atoms with Crippen molar-refractivity contribution in [3.8, 4) is 0 Å². The molecule has 0 saturated heterocycles. The largest absolute Gasteiger partial charge is 0.388 e. The van der Waals surface area contributed by atoms with Crippen LogP contribution in [-0.2, 0) is 13.0 Å². The van der Waals surface area contributed by atoms with E-state index >= 15 is 0 Å². The van der Waals surface area contributed by atoms with Gasteiger partial charge in [-0.25, -0.2) is 4.98 Å². The molecule has 1 aliphatic carbocycles. The van der Waals surface area contributed by atoms with Gasteiger partial charge in [0.25, 0.3) is 0 Å². The first kappa shape index (κ1) is 13.6. The highest BCUT2D eigenvalue weighted by Gasteiger charge is 2.30. The van der Waals surface area contributed by atoms with Crippen LogP contribution >= 0.6 is 0 Å². The third kappa shape index (κ3) is 2.93. The van der Waals surface area contributed by atoms with Crippen molar-refractivity contribution < 1.29 is 5.11 Å². The second kappa shape index (κ2) is 5.41. The molecular formula is C14H25N3O. The normalized spacial score (nSPS) is 20.9. The van der Waals surface area contributed by atoms with E-state index in [-0.39, 0.29) is 6.04 Å². The minimum Gasteiger partial charge on any atom is -0.388 e. The molecule has 0 bridgehead atoms. The Hall–Kier alpha value is -0.870. The van der Waals surface area contributed by atoms with E-state index in [1.165, 1.54) is 6.42 Å². The van der Waals surface area contributed by atoms with Crippen molar-refractivity contribution in [2.24, 2.45) is 5.73 Å². The van der Waals surface area contributed by atoms with Crippen LogP contribution in [0.15, 0.2) is 6.20 Å². The van der Waals surface area contributed by atoms with E-state index in [4.69, 9.17) is 5.73 Å². The van der Waals surface area contributed by atoms with Gasteiger partial charge in [0.2, 0.25) is 0 Å². The Morgan fingerprint density at radius 2 is 2.11 bits per heavy atom. The maximum atomic E-state index is 10.6. The molecule has 0 radical (unpaired) electrons. The van der Waals surface area contributed by atoms with Gasteiger partial charge in [-0.15, -0.1) is 0 Å². The molecule has 0 aromatic carbocycles. The second-order valence-electron chi connectivity index (χ2n) is 5.64. The Labute approximate surface area is 109 Å². The molecule has 1 saturated carbocycles. The molecule has 0 amide bonds. The Kier molecular flexibility index (Phi) is 4.07. The van der Waals surface area contributed by atoms with Gasteiger partial charge in [0.15, 0.2) is 0 Å². The quantitative estimate of drug-likeness (QED) is 0.862. The third-order valence-corrected chi connectivity index (χ3v) is 3.91. The van der Waals surface area contributed by atoms with Gasteiger partial charge in [-0.3, -0.25) is 0 Å². The third-order valence-electron chi connectivity index (χ3n) is 3.91. The number of hydrogen-bond donors (Lipinski definition) is 2. The number of nitrogens with two attached hydrogens (primary N) is 1. The van der Waals surface area contributed by atoms with Crippen LogP contribution in [0, 0.1) is 0 Å². The lowest BCUT2D eigenvalue weighted by Crippen LogP contribution is -2.36. The van der Waals surface area contributed by atoms with E-state index in [2.05, 4.69) is 16.5 Å². The molecule has 1 aromatic heterocycles.